The number of aromatic nitrogens is 4. The zero-order valence-corrected chi connectivity index (χ0v) is 10.9. The Balaban J connectivity index is 1.92. The first-order valence-electron chi connectivity index (χ1n) is 6.31. The predicted octanol–water partition coefficient (Wildman–Crippen LogP) is 2.93. The summed E-state index contributed by atoms with van der Waals surface area (Å²) < 4.78 is 1.69. The van der Waals surface area contributed by atoms with Gasteiger partial charge in [0.25, 0.3) is 0 Å². The van der Waals surface area contributed by atoms with Crippen molar-refractivity contribution in [2.24, 2.45) is 0 Å². The minimum Gasteiger partial charge on any atom is -0.191 e. The van der Waals surface area contributed by atoms with Crippen LogP contribution < -0.4 is 0 Å². The van der Waals surface area contributed by atoms with E-state index in [1.807, 2.05) is 6.07 Å². The van der Waals surface area contributed by atoms with Gasteiger partial charge in [-0.3, -0.25) is 0 Å². The van der Waals surface area contributed by atoms with E-state index in [-0.39, 0.29) is 0 Å². The Labute approximate surface area is 115 Å². The van der Waals surface area contributed by atoms with Gasteiger partial charge in [0.2, 0.25) is 0 Å². The monoisotopic (exact) mass is 270 g/mol. The van der Waals surface area contributed by atoms with Crippen LogP contribution in [0.5, 0.6) is 0 Å². The lowest BCUT2D eigenvalue weighted by molar-refractivity contribution is 0.911. The third-order valence-electron chi connectivity index (χ3n) is 3.59. The van der Waals surface area contributed by atoms with Crippen LogP contribution in [0, 0.1) is 0 Å². The molecule has 0 saturated heterocycles. The summed E-state index contributed by atoms with van der Waals surface area (Å²) in [4.78, 5) is 0. The van der Waals surface area contributed by atoms with E-state index in [1.54, 1.807) is 10.6 Å². The fraction of sp³-hybridized carbons (Fsp3) is 0.214. The summed E-state index contributed by atoms with van der Waals surface area (Å²) in [6, 6.07) is 10.0. The summed E-state index contributed by atoms with van der Waals surface area (Å²) in [6.07, 6.45) is 3.57. The Morgan fingerprint density at radius 2 is 1.89 bits per heavy atom. The molecule has 5 heteroatoms. The van der Waals surface area contributed by atoms with Crippen molar-refractivity contribution in [1.29, 1.82) is 0 Å². The van der Waals surface area contributed by atoms with Crippen molar-refractivity contribution in [1.82, 2.24) is 19.8 Å². The van der Waals surface area contributed by atoms with E-state index in [0.29, 0.717) is 10.8 Å². The maximum atomic E-state index is 5.94. The van der Waals surface area contributed by atoms with Gasteiger partial charge in [0, 0.05) is 5.56 Å². The lowest BCUT2D eigenvalue weighted by Gasteiger charge is -2.03. The molecule has 1 aliphatic rings. The molecule has 4 rings (SSSR count). The van der Waals surface area contributed by atoms with Crippen molar-refractivity contribution < 1.29 is 0 Å². The highest BCUT2D eigenvalue weighted by molar-refractivity contribution is 6.29. The fourth-order valence-electron chi connectivity index (χ4n) is 2.66. The van der Waals surface area contributed by atoms with E-state index in [1.165, 1.54) is 24.0 Å². The van der Waals surface area contributed by atoms with E-state index in [4.69, 9.17) is 11.6 Å². The van der Waals surface area contributed by atoms with Crippen LogP contribution in [0.4, 0.5) is 0 Å². The molecule has 0 aliphatic heterocycles. The molecule has 0 N–H and O–H groups in total. The lowest BCUT2D eigenvalue weighted by atomic mass is 10.1. The summed E-state index contributed by atoms with van der Waals surface area (Å²) in [5, 5.41) is 13.0. The molecule has 0 unspecified atom stereocenters. The Morgan fingerprint density at radius 1 is 1.00 bits per heavy atom. The molecule has 0 fully saturated rings. The van der Waals surface area contributed by atoms with Gasteiger partial charge in [-0.2, -0.15) is 9.61 Å². The van der Waals surface area contributed by atoms with Crippen LogP contribution >= 0.6 is 11.6 Å². The van der Waals surface area contributed by atoms with Gasteiger partial charge in [0.15, 0.2) is 11.5 Å². The number of rotatable bonds is 1. The van der Waals surface area contributed by atoms with Gasteiger partial charge in [-0.25, -0.2) is 0 Å². The molecule has 1 aromatic carbocycles. The van der Waals surface area contributed by atoms with Crippen molar-refractivity contribution in [2.75, 3.05) is 0 Å². The molecular formula is C14H11ClN4. The average molecular weight is 271 g/mol. The molecule has 1 aliphatic carbocycles. The molecule has 0 bridgehead atoms. The summed E-state index contributed by atoms with van der Waals surface area (Å²) >= 11 is 5.94. The molecule has 0 atom stereocenters. The average Bonchev–Trinajstić information content (AvgIpc) is 3.03. The third-order valence-corrected chi connectivity index (χ3v) is 3.79. The largest absolute Gasteiger partial charge is 0.191 e. The second kappa shape index (κ2) is 4.03. The van der Waals surface area contributed by atoms with Crippen molar-refractivity contribution in [3.8, 4) is 11.4 Å². The number of halogens is 1. The molecule has 19 heavy (non-hydrogen) atoms. The number of fused-ring (bicyclic) bond motifs is 2. The standard InChI is InChI=1S/C14H11ClN4/c15-12-6-7-13-16-17-14(19(13)18-12)11-5-4-9-2-1-3-10(9)8-11/h4-8H,1-3H2. The molecule has 4 nitrogen and oxygen atoms in total. The van der Waals surface area contributed by atoms with Crippen LogP contribution in [-0.2, 0) is 12.8 Å². The van der Waals surface area contributed by atoms with Gasteiger partial charge >= 0.3 is 0 Å². The van der Waals surface area contributed by atoms with Crippen molar-refractivity contribution in [3.05, 3.63) is 46.6 Å². The highest BCUT2D eigenvalue weighted by Crippen LogP contribution is 2.27. The minimum absolute atomic E-state index is 0.440. The second-order valence-electron chi connectivity index (χ2n) is 4.79. The van der Waals surface area contributed by atoms with Gasteiger partial charge in [0.1, 0.15) is 5.15 Å². The lowest BCUT2D eigenvalue weighted by Crippen LogP contribution is -1.95. The van der Waals surface area contributed by atoms with Gasteiger partial charge in [-0.05, 0) is 48.6 Å². The summed E-state index contributed by atoms with van der Waals surface area (Å²) in [5.41, 5.74) is 4.61. The second-order valence-corrected chi connectivity index (χ2v) is 5.17. The van der Waals surface area contributed by atoms with Crippen molar-refractivity contribution in [3.63, 3.8) is 0 Å². The molecular weight excluding hydrogens is 260 g/mol. The Morgan fingerprint density at radius 3 is 2.84 bits per heavy atom. The highest BCUT2D eigenvalue weighted by atomic mass is 35.5. The Bertz CT molecular complexity index is 778. The van der Waals surface area contributed by atoms with E-state index in [0.717, 1.165) is 17.8 Å². The smallest absolute Gasteiger partial charge is 0.185 e. The molecule has 0 saturated carbocycles. The maximum Gasteiger partial charge on any atom is 0.185 e. The number of hydrogen-bond donors (Lipinski definition) is 0. The first-order valence-corrected chi connectivity index (χ1v) is 6.69. The third kappa shape index (κ3) is 1.71. The molecule has 0 spiro atoms. The van der Waals surface area contributed by atoms with Crippen LogP contribution in [0.15, 0.2) is 30.3 Å². The van der Waals surface area contributed by atoms with Gasteiger partial charge in [-0.15, -0.1) is 10.2 Å². The van der Waals surface area contributed by atoms with Gasteiger partial charge in [-0.1, -0.05) is 23.7 Å². The summed E-state index contributed by atoms with van der Waals surface area (Å²) in [5.74, 6) is 0.743. The normalized spacial score (nSPS) is 13.9. The zero-order chi connectivity index (χ0) is 12.8. The molecule has 94 valence electrons. The predicted molar refractivity (Wildman–Crippen MR) is 73.3 cm³/mol. The zero-order valence-electron chi connectivity index (χ0n) is 10.2. The Kier molecular flexibility index (Phi) is 2.32. The van der Waals surface area contributed by atoms with Gasteiger partial charge in [0.05, 0.1) is 0 Å². The number of nitrogens with zero attached hydrogens (tertiary/aromatic N) is 4. The molecule has 2 heterocycles. The van der Waals surface area contributed by atoms with E-state index in [2.05, 4.69) is 33.5 Å². The molecule has 0 amide bonds. The van der Waals surface area contributed by atoms with Gasteiger partial charge < -0.3 is 0 Å². The van der Waals surface area contributed by atoms with E-state index < -0.39 is 0 Å². The van der Waals surface area contributed by atoms with Crippen molar-refractivity contribution in [2.45, 2.75) is 19.3 Å². The summed E-state index contributed by atoms with van der Waals surface area (Å²) in [6.45, 7) is 0. The highest BCUT2D eigenvalue weighted by Gasteiger charge is 2.14. The minimum atomic E-state index is 0.440. The number of benzene rings is 1. The topological polar surface area (TPSA) is 43.1 Å². The maximum absolute atomic E-state index is 5.94. The quantitative estimate of drug-likeness (QED) is 0.683. The van der Waals surface area contributed by atoms with E-state index in [9.17, 15) is 0 Å². The fourth-order valence-corrected chi connectivity index (χ4v) is 2.80. The molecule has 3 aromatic rings. The first-order chi connectivity index (χ1) is 9.31. The SMILES string of the molecule is Clc1ccc2nnc(-c3ccc4c(c3)CCC4)n2n1. The Hall–Kier alpha value is -1.94. The first kappa shape index (κ1) is 10.9. The molecule has 2 aromatic heterocycles. The van der Waals surface area contributed by atoms with Crippen LogP contribution in [-0.4, -0.2) is 19.8 Å². The number of aryl methyl sites for hydroxylation is 2. The van der Waals surface area contributed by atoms with Crippen LogP contribution in [0.25, 0.3) is 17.0 Å². The number of hydrogen-bond acceptors (Lipinski definition) is 3. The summed E-state index contributed by atoms with van der Waals surface area (Å²) in [7, 11) is 0. The van der Waals surface area contributed by atoms with E-state index >= 15 is 0 Å². The van der Waals surface area contributed by atoms with Crippen LogP contribution in [0.3, 0.4) is 0 Å². The molecule has 0 radical (unpaired) electrons. The van der Waals surface area contributed by atoms with Crippen molar-refractivity contribution >= 4 is 17.2 Å². The van der Waals surface area contributed by atoms with Crippen LogP contribution in [0.2, 0.25) is 5.15 Å². The van der Waals surface area contributed by atoms with Crippen LogP contribution in [0.1, 0.15) is 17.5 Å².